The number of piperidine rings is 1. The van der Waals surface area contributed by atoms with Gasteiger partial charge in [-0.25, -0.2) is 8.78 Å². The molecule has 0 unspecified atom stereocenters. The normalized spacial score (nSPS) is 16.6. The van der Waals surface area contributed by atoms with Crippen molar-refractivity contribution in [3.05, 3.63) is 48.0 Å². The Morgan fingerprint density at radius 1 is 1.14 bits per heavy atom. The highest BCUT2D eigenvalue weighted by molar-refractivity contribution is 5.85. The molecule has 0 aliphatic carbocycles. The second-order valence-electron chi connectivity index (χ2n) is 7.26. The number of likely N-dealkylation sites (tertiary alicyclic amines) is 1. The van der Waals surface area contributed by atoms with E-state index in [-0.39, 0.29) is 12.6 Å². The van der Waals surface area contributed by atoms with E-state index in [1.165, 1.54) is 16.3 Å². The number of benzene rings is 2. The molecule has 0 radical (unpaired) electrons. The zero-order chi connectivity index (χ0) is 19.8. The number of halogens is 2. The van der Waals surface area contributed by atoms with Crippen molar-refractivity contribution >= 4 is 16.7 Å². The Morgan fingerprint density at radius 3 is 2.64 bits per heavy atom. The van der Waals surface area contributed by atoms with Crippen molar-refractivity contribution in [2.45, 2.75) is 38.7 Å². The minimum atomic E-state index is -2.25. The third kappa shape index (κ3) is 5.89. The Balaban J connectivity index is 1.54. The fourth-order valence-corrected chi connectivity index (χ4v) is 3.77. The molecular weight excluding hydrogens is 358 g/mol. The molecule has 0 amide bonds. The molecule has 1 aliphatic heterocycles. The molecule has 0 spiro atoms. The quantitative estimate of drug-likeness (QED) is 0.562. The van der Waals surface area contributed by atoms with Gasteiger partial charge >= 0.3 is 0 Å². The molecule has 0 saturated carbocycles. The summed E-state index contributed by atoms with van der Waals surface area (Å²) in [5.41, 5.74) is 1.30. The molecule has 1 fully saturated rings. The number of nitrogens with zero attached hydrogens (tertiary/aromatic N) is 2. The first-order chi connectivity index (χ1) is 13.7. The molecule has 4 nitrogen and oxygen atoms in total. The minimum absolute atomic E-state index is 0.119. The van der Waals surface area contributed by atoms with Crippen molar-refractivity contribution in [2.75, 3.05) is 32.7 Å². The predicted octanol–water partition coefficient (Wildman–Crippen LogP) is 3.67. The van der Waals surface area contributed by atoms with E-state index in [0.717, 1.165) is 31.8 Å². The molecule has 0 aromatic heterocycles. The Labute approximate surface area is 166 Å². The highest BCUT2D eigenvalue weighted by atomic mass is 19.3. The predicted molar refractivity (Wildman–Crippen MR) is 112 cm³/mol. The van der Waals surface area contributed by atoms with Crippen LogP contribution in [0.25, 0.3) is 10.8 Å². The van der Waals surface area contributed by atoms with Crippen LogP contribution in [0.2, 0.25) is 0 Å². The van der Waals surface area contributed by atoms with E-state index in [0.29, 0.717) is 19.6 Å². The Bertz CT molecular complexity index is 765. The summed E-state index contributed by atoms with van der Waals surface area (Å²) in [5.74, 6) is 0.815. The van der Waals surface area contributed by atoms with E-state index in [2.05, 4.69) is 53.1 Å². The number of aliphatic imine (C=N–C) groups is 1. The molecule has 1 saturated heterocycles. The first-order valence-corrected chi connectivity index (χ1v) is 10.2. The summed E-state index contributed by atoms with van der Waals surface area (Å²) >= 11 is 0. The fourth-order valence-electron chi connectivity index (χ4n) is 3.77. The number of alkyl halides is 2. The molecule has 3 rings (SSSR count). The van der Waals surface area contributed by atoms with Crippen LogP contribution in [0.1, 0.15) is 25.3 Å². The van der Waals surface area contributed by atoms with Crippen LogP contribution in [-0.2, 0) is 6.42 Å². The highest BCUT2D eigenvalue weighted by Crippen LogP contribution is 2.19. The average Bonchev–Trinajstić information content (AvgIpc) is 2.69. The van der Waals surface area contributed by atoms with E-state index in [4.69, 9.17) is 4.99 Å². The maximum atomic E-state index is 12.5. The van der Waals surface area contributed by atoms with Gasteiger partial charge in [-0.3, -0.25) is 9.89 Å². The van der Waals surface area contributed by atoms with Gasteiger partial charge in [-0.1, -0.05) is 42.5 Å². The van der Waals surface area contributed by atoms with E-state index in [9.17, 15) is 8.78 Å². The molecule has 152 valence electrons. The van der Waals surface area contributed by atoms with E-state index in [1.807, 2.05) is 11.8 Å². The van der Waals surface area contributed by atoms with Gasteiger partial charge < -0.3 is 10.6 Å². The van der Waals surface area contributed by atoms with Crippen LogP contribution in [-0.4, -0.2) is 56.1 Å². The van der Waals surface area contributed by atoms with Crippen LogP contribution in [0.15, 0.2) is 47.5 Å². The van der Waals surface area contributed by atoms with Gasteiger partial charge in [0.2, 0.25) is 0 Å². The van der Waals surface area contributed by atoms with Crippen LogP contribution < -0.4 is 10.6 Å². The summed E-state index contributed by atoms with van der Waals surface area (Å²) in [7, 11) is 0. The summed E-state index contributed by atoms with van der Waals surface area (Å²) < 4.78 is 25.0. The zero-order valence-electron chi connectivity index (χ0n) is 16.5. The lowest BCUT2D eigenvalue weighted by atomic mass is 10.0. The number of guanidine groups is 1. The van der Waals surface area contributed by atoms with Crippen molar-refractivity contribution in [1.29, 1.82) is 0 Å². The summed E-state index contributed by atoms with van der Waals surface area (Å²) in [6.07, 6.45) is 0.350. The number of hydrogen-bond donors (Lipinski definition) is 2. The molecule has 2 N–H and O–H groups in total. The van der Waals surface area contributed by atoms with Crippen molar-refractivity contribution in [3.8, 4) is 0 Å². The number of nitrogens with one attached hydrogen (secondary N) is 2. The third-order valence-electron chi connectivity index (χ3n) is 5.20. The van der Waals surface area contributed by atoms with Crippen LogP contribution in [0.5, 0.6) is 0 Å². The van der Waals surface area contributed by atoms with Gasteiger partial charge in [0.1, 0.15) is 0 Å². The van der Waals surface area contributed by atoms with Crippen LogP contribution in [0.4, 0.5) is 8.78 Å². The molecule has 2 aromatic rings. The molecule has 1 aliphatic rings. The van der Waals surface area contributed by atoms with E-state index >= 15 is 0 Å². The van der Waals surface area contributed by atoms with Gasteiger partial charge in [0, 0.05) is 32.2 Å². The van der Waals surface area contributed by atoms with Crippen LogP contribution in [0, 0.1) is 0 Å². The maximum Gasteiger partial charge on any atom is 0.251 e. The first kappa shape index (κ1) is 20.5. The lowest BCUT2D eigenvalue weighted by molar-refractivity contribution is 0.0744. The standard InChI is InChI=1S/C22H30F2N4/c1-2-25-22(27-19-11-14-28(15-12-19)16-21(23)24)26-13-10-18-8-5-7-17-6-3-4-9-20(17)18/h3-9,19,21H,2,10-16H2,1H3,(H2,25,26,27). The lowest BCUT2D eigenvalue weighted by Gasteiger charge is -2.32. The van der Waals surface area contributed by atoms with E-state index in [1.54, 1.807) is 0 Å². The summed E-state index contributed by atoms with van der Waals surface area (Å²) in [4.78, 5) is 6.58. The Morgan fingerprint density at radius 2 is 1.89 bits per heavy atom. The van der Waals surface area contributed by atoms with Gasteiger partial charge in [0.15, 0.2) is 5.96 Å². The molecular formula is C22H30F2N4. The molecule has 2 aromatic carbocycles. The van der Waals surface area contributed by atoms with Crippen LogP contribution >= 0.6 is 0 Å². The van der Waals surface area contributed by atoms with Crippen LogP contribution in [0.3, 0.4) is 0 Å². The third-order valence-corrected chi connectivity index (χ3v) is 5.20. The smallest absolute Gasteiger partial charge is 0.251 e. The Kier molecular flexibility index (Phi) is 7.60. The first-order valence-electron chi connectivity index (χ1n) is 10.2. The monoisotopic (exact) mass is 388 g/mol. The fraction of sp³-hybridized carbons (Fsp3) is 0.500. The highest BCUT2D eigenvalue weighted by Gasteiger charge is 2.21. The van der Waals surface area contributed by atoms with Gasteiger partial charge in [-0.05, 0) is 42.5 Å². The van der Waals surface area contributed by atoms with Crippen molar-refractivity contribution in [3.63, 3.8) is 0 Å². The summed E-state index contributed by atoms with van der Waals surface area (Å²) in [6, 6.07) is 15.1. The SMILES string of the molecule is CCNC(=NCCc1cccc2ccccc12)NC1CCN(CC(F)F)CC1. The van der Waals surface area contributed by atoms with Gasteiger partial charge in [0.25, 0.3) is 6.43 Å². The second-order valence-corrected chi connectivity index (χ2v) is 7.26. The number of fused-ring (bicyclic) bond motifs is 1. The van der Waals surface area contributed by atoms with Gasteiger partial charge in [-0.2, -0.15) is 0 Å². The minimum Gasteiger partial charge on any atom is -0.357 e. The summed E-state index contributed by atoms with van der Waals surface area (Å²) in [5, 5.41) is 9.32. The molecule has 0 bridgehead atoms. The Hall–Kier alpha value is -2.21. The number of rotatable bonds is 7. The molecule has 1 heterocycles. The van der Waals surface area contributed by atoms with E-state index < -0.39 is 6.43 Å². The van der Waals surface area contributed by atoms with Crippen molar-refractivity contribution in [2.24, 2.45) is 4.99 Å². The van der Waals surface area contributed by atoms with Crippen molar-refractivity contribution in [1.82, 2.24) is 15.5 Å². The second kappa shape index (κ2) is 10.4. The molecule has 28 heavy (non-hydrogen) atoms. The summed E-state index contributed by atoms with van der Waals surface area (Å²) in [6.45, 7) is 4.84. The largest absolute Gasteiger partial charge is 0.357 e. The molecule has 6 heteroatoms. The van der Waals surface area contributed by atoms with Gasteiger partial charge in [-0.15, -0.1) is 0 Å². The maximum absolute atomic E-state index is 12.5. The molecule has 0 atom stereocenters. The topological polar surface area (TPSA) is 39.7 Å². The number of hydrogen-bond acceptors (Lipinski definition) is 2. The zero-order valence-corrected chi connectivity index (χ0v) is 16.5. The van der Waals surface area contributed by atoms with Crippen molar-refractivity contribution < 1.29 is 8.78 Å². The average molecular weight is 389 g/mol. The lowest BCUT2D eigenvalue weighted by Crippen LogP contribution is -2.49. The van der Waals surface area contributed by atoms with Gasteiger partial charge in [0.05, 0.1) is 6.54 Å².